The minimum absolute atomic E-state index is 0. The zero-order chi connectivity index (χ0) is 19.6. The van der Waals surface area contributed by atoms with Crippen LogP contribution in [-0.2, 0) is 17.9 Å². The van der Waals surface area contributed by atoms with Gasteiger partial charge in [0.15, 0.2) is 5.96 Å². The van der Waals surface area contributed by atoms with E-state index in [0.717, 1.165) is 44.9 Å². The van der Waals surface area contributed by atoms with Gasteiger partial charge in [0, 0.05) is 39.1 Å². The number of benzene rings is 1. The van der Waals surface area contributed by atoms with Crippen molar-refractivity contribution >= 4 is 35.8 Å². The lowest BCUT2D eigenvalue weighted by molar-refractivity contribution is -0.121. The van der Waals surface area contributed by atoms with E-state index in [1.54, 1.807) is 7.05 Å². The minimum Gasteiger partial charge on any atom is -0.356 e. The maximum atomic E-state index is 11.7. The summed E-state index contributed by atoms with van der Waals surface area (Å²) in [7, 11) is 1.77. The largest absolute Gasteiger partial charge is 0.356 e. The van der Waals surface area contributed by atoms with Crippen molar-refractivity contribution in [1.29, 1.82) is 0 Å². The summed E-state index contributed by atoms with van der Waals surface area (Å²) in [6, 6.07) is 9.31. The Morgan fingerprint density at radius 3 is 2.41 bits per heavy atom. The number of amides is 1. The molecule has 1 aromatic carbocycles. The number of piperidine rings is 1. The van der Waals surface area contributed by atoms with Crippen LogP contribution in [0.3, 0.4) is 0 Å². The molecule has 1 heterocycles. The monoisotopic (exact) mass is 513 g/mol. The first-order chi connectivity index (χ1) is 13.7. The molecule has 6 nitrogen and oxygen atoms in total. The fourth-order valence-electron chi connectivity index (χ4n) is 3.53. The van der Waals surface area contributed by atoms with Gasteiger partial charge in [-0.05, 0) is 56.3 Å². The van der Waals surface area contributed by atoms with E-state index in [1.165, 1.54) is 43.5 Å². The average Bonchev–Trinajstić information content (AvgIpc) is 3.53. The van der Waals surface area contributed by atoms with E-state index in [4.69, 9.17) is 0 Å². The summed E-state index contributed by atoms with van der Waals surface area (Å²) in [5.41, 5.74) is 2.63. The number of likely N-dealkylation sites (tertiary alicyclic amines) is 1. The quantitative estimate of drug-likeness (QED) is 0.206. The molecule has 162 valence electrons. The molecule has 0 radical (unpaired) electrons. The van der Waals surface area contributed by atoms with Crippen molar-refractivity contribution in [3.63, 3.8) is 0 Å². The molecule has 1 aliphatic carbocycles. The molecule has 0 spiro atoms. The molecule has 0 unspecified atom stereocenters. The molecule has 3 rings (SSSR count). The number of guanidine groups is 1. The third-order valence-corrected chi connectivity index (χ3v) is 5.38. The Balaban J connectivity index is 0.00000300. The van der Waals surface area contributed by atoms with Crippen molar-refractivity contribution < 1.29 is 4.79 Å². The lowest BCUT2D eigenvalue weighted by Crippen LogP contribution is -2.37. The Morgan fingerprint density at radius 1 is 1.07 bits per heavy atom. The molecule has 0 atom stereocenters. The maximum absolute atomic E-state index is 11.7. The molecule has 1 aliphatic heterocycles. The van der Waals surface area contributed by atoms with Gasteiger partial charge < -0.3 is 16.0 Å². The molecular formula is C22H36IN5O. The van der Waals surface area contributed by atoms with Crippen molar-refractivity contribution in [1.82, 2.24) is 20.9 Å². The molecule has 2 fully saturated rings. The van der Waals surface area contributed by atoms with Gasteiger partial charge in [-0.3, -0.25) is 14.7 Å². The van der Waals surface area contributed by atoms with Gasteiger partial charge in [-0.1, -0.05) is 30.7 Å². The molecule has 3 N–H and O–H groups in total. The van der Waals surface area contributed by atoms with Crippen LogP contribution in [0.2, 0.25) is 0 Å². The first-order valence-corrected chi connectivity index (χ1v) is 10.8. The zero-order valence-electron chi connectivity index (χ0n) is 17.6. The van der Waals surface area contributed by atoms with Crippen LogP contribution in [0.5, 0.6) is 0 Å². The Hall–Kier alpha value is -1.35. The van der Waals surface area contributed by atoms with E-state index in [9.17, 15) is 4.79 Å². The molecule has 29 heavy (non-hydrogen) atoms. The van der Waals surface area contributed by atoms with Crippen LogP contribution in [-0.4, -0.2) is 49.5 Å². The predicted molar refractivity (Wildman–Crippen MR) is 130 cm³/mol. The first kappa shape index (κ1) is 23.9. The number of rotatable bonds is 9. The molecule has 7 heteroatoms. The van der Waals surface area contributed by atoms with Crippen LogP contribution in [0.25, 0.3) is 0 Å². The number of carbonyl (C=O) groups is 1. The predicted octanol–water partition coefficient (Wildman–Crippen LogP) is 3.01. The van der Waals surface area contributed by atoms with Crippen LogP contribution >= 0.6 is 24.0 Å². The van der Waals surface area contributed by atoms with Gasteiger partial charge in [0.1, 0.15) is 0 Å². The van der Waals surface area contributed by atoms with E-state index in [1.807, 2.05) is 0 Å². The second-order valence-electron chi connectivity index (χ2n) is 7.95. The fraction of sp³-hybridized carbons (Fsp3) is 0.636. The highest BCUT2D eigenvalue weighted by atomic mass is 127. The average molecular weight is 513 g/mol. The smallest absolute Gasteiger partial charge is 0.220 e. The van der Waals surface area contributed by atoms with Crippen LogP contribution in [0.1, 0.15) is 56.1 Å². The third-order valence-electron chi connectivity index (χ3n) is 5.38. The second kappa shape index (κ2) is 13.1. The van der Waals surface area contributed by atoms with Crippen molar-refractivity contribution in [2.45, 2.75) is 64.1 Å². The fourth-order valence-corrected chi connectivity index (χ4v) is 3.53. The molecule has 1 aromatic rings. The van der Waals surface area contributed by atoms with Gasteiger partial charge in [0.25, 0.3) is 0 Å². The number of aliphatic imine (C=N–C) groups is 1. The molecule has 2 aliphatic rings. The Morgan fingerprint density at radius 2 is 1.76 bits per heavy atom. The van der Waals surface area contributed by atoms with Gasteiger partial charge in [-0.2, -0.15) is 0 Å². The zero-order valence-corrected chi connectivity index (χ0v) is 19.9. The Bertz CT molecular complexity index is 639. The van der Waals surface area contributed by atoms with Gasteiger partial charge >= 0.3 is 0 Å². The van der Waals surface area contributed by atoms with Gasteiger partial charge in [0.2, 0.25) is 5.91 Å². The number of halogens is 1. The molecular weight excluding hydrogens is 477 g/mol. The van der Waals surface area contributed by atoms with E-state index >= 15 is 0 Å². The van der Waals surface area contributed by atoms with E-state index < -0.39 is 0 Å². The normalized spacial score (nSPS) is 17.3. The lowest BCUT2D eigenvalue weighted by atomic mass is 10.1. The van der Waals surface area contributed by atoms with Crippen molar-refractivity contribution in [2.24, 2.45) is 4.99 Å². The van der Waals surface area contributed by atoms with Crippen LogP contribution < -0.4 is 16.0 Å². The summed E-state index contributed by atoms with van der Waals surface area (Å²) in [6.07, 6.45) is 7.70. The number of nitrogens with zero attached hydrogens (tertiary/aromatic N) is 2. The minimum atomic E-state index is 0. The SMILES string of the molecule is CN=C(NCCCC(=O)NC1CC1)NCc1ccc(CN2CCCCC2)cc1.I. The summed E-state index contributed by atoms with van der Waals surface area (Å²) in [5, 5.41) is 9.64. The van der Waals surface area contributed by atoms with Gasteiger partial charge in [-0.15, -0.1) is 24.0 Å². The van der Waals surface area contributed by atoms with Crippen molar-refractivity contribution in [3.8, 4) is 0 Å². The molecule has 1 amide bonds. The standard InChI is InChI=1S/C22H35N5O.HI/c1-23-22(24-13-5-6-21(28)26-20-11-12-20)25-16-18-7-9-19(10-8-18)17-27-14-3-2-4-15-27;/h7-10,20H,2-6,11-17H2,1H3,(H,26,28)(H2,23,24,25);1H. The number of hydrogen-bond acceptors (Lipinski definition) is 3. The van der Waals surface area contributed by atoms with E-state index in [0.29, 0.717) is 12.5 Å². The highest BCUT2D eigenvalue weighted by molar-refractivity contribution is 14.0. The summed E-state index contributed by atoms with van der Waals surface area (Å²) >= 11 is 0. The summed E-state index contributed by atoms with van der Waals surface area (Å²) < 4.78 is 0. The molecule has 0 bridgehead atoms. The highest BCUT2D eigenvalue weighted by Crippen LogP contribution is 2.18. The van der Waals surface area contributed by atoms with E-state index in [2.05, 4.69) is 50.1 Å². The summed E-state index contributed by atoms with van der Waals surface area (Å²) in [4.78, 5) is 18.5. The topological polar surface area (TPSA) is 68.8 Å². The number of carbonyl (C=O) groups excluding carboxylic acids is 1. The van der Waals surface area contributed by atoms with Crippen LogP contribution in [0.15, 0.2) is 29.3 Å². The van der Waals surface area contributed by atoms with Crippen LogP contribution in [0.4, 0.5) is 0 Å². The van der Waals surface area contributed by atoms with E-state index in [-0.39, 0.29) is 29.9 Å². The first-order valence-electron chi connectivity index (χ1n) is 10.8. The molecule has 1 saturated carbocycles. The number of hydrogen-bond donors (Lipinski definition) is 3. The van der Waals surface area contributed by atoms with Gasteiger partial charge in [0.05, 0.1) is 0 Å². The Kier molecular flexibility index (Phi) is 10.8. The Labute approximate surface area is 192 Å². The van der Waals surface area contributed by atoms with Crippen LogP contribution in [0, 0.1) is 0 Å². The molecule has 0 aromatic heterocycles. The maximum Gasteiger partial charge on any atom is 0.220 e. The lowest BCUT2D eigenvalue weighted by Gasteiger charge is -2.26. The highest BCUT2D eigenvalue weighted by Gasteiger charge is 2.22. The number of nitrogens with one attached hydrogen (secondary N) is 3. The third kappa shape index (κ3) is 9.33. The summed E-state index contributed by atoms with van der Waals surface area (Å²) in [5.74, 6) is 0.942. The second-order valence-corrected chi connectivity index (χ2v) is 7.95. The van der Waals surface area contributed by atoms with Crippen molar-refractivity contribution in [3.05, 3.63) is 35.4 Å². The summed E-state index contributed by atoms with van der Waals surface area (Å²) in [6.45, 7) is 5.00. The van der Waals surface area contributed by atoms with Gasteiger partial charge in [-0.25, -0.2) is 0 Å². The molecule has 1 saturated heterocycles. The van der Waals surface area contributed by atoms with Crippen molar-refractivity contribution in [2.75, 3.05) is 26.7 Å².